The SMILES string of the molecule is O=C(N[C@@H]1CC[C@H](C(=O)NC2CCOC2C(=O)O)C1)OCC1c2ccccc2-c2ccccc21. The van der Waals surface area contributed by atoms with Crippen LogP contribution in [0.25, 0.3) is 11.1 Å². The van der Waals surface area contributed by atoms with Gasteiger partial charge in [0.1, 0.15) is 6.61 Å². The van der Waals surface area contributed by atoms with Gasteiger partial charge in [-0.3, -0.25) is 4.79 Å². The van der Waals surface area contributed by atoms with Gasteiger partial charge in [-0.25, -0.2) is 9.59 Å². The highest BCUT2D eigenvalue weighted by atomic mass is 16.5. The highest BCUT2D eigenvalue weighted by molar-refractivity contribution is 5.82. The zero-order chi connectivity index (χ0) is 23.7. The predicted octanol–water partition coefficient (Wildman–Crippen LogP) is 3.05. The average Bonchev–Trinajstić information content (AvgIpc) is 3.56. The number of hydrogen-bond acceptors (Lipinski definition) is 5. The third-order valence-electron chi connectivity index (χ3n) is 7.13. The summed E-state index contributed by atoms with van der Waals surface area (Å²) in [5, 5.41) is 14.9. The first-order valence-corrected chi connectivity index (χ1v) is 11.8. The van der Waals surface area contributed by atoms with Crippen LogP contribution in [0.3, 0.4) is 0 Å². The Bertz CT molecular complexity index is 1060. The van der Waals surface area contributed by atoms with Crippen LogP contribution in [0.2, 0.25) is 0 Å². The standard InChI is InChI=1S/C26H28N2O6/c29-24(28-22-11-12-33-23(22)25(30)31)15-9-10-16(13-15)27-26(32)34-14-21-19-7-3-1-5-17(19)18-6-2-4-8-20(18)21/h1-8,15-16,21-23H,9-14H2,(H,27,32)(H,28,29)(H,30,31)/t15-,16+,22?,23?/m0/s1. The molecule has 0 radical (unpaired) electrons. The number of rotatable bonds is 6. The summed E-state index contributed by atoms with van der Waals surface area (Å²) in [6.07, 6.45) is 0.804. The van der Waals surface area contributed by atoms with Crippen LogP contribution in [0.4, 0.5) is 4.79 Å². The molecule has 0 aromatic heterocycles. The van der Waals surface area contributed by atoms with E-state index in [9.17, 15) is 19.5 Å². The molecule has 2 aromatic carbocycles. The zero-order valence-corrected chi connectivity index (χ0v) is 18.7. The van der Waals surface area contributed by atoms with Crippen LogP contribution in [-0.2, 0) is 19.1 Å². The number of carboxylic acids is 1. The maximum absolute atomic E-state index is 12.6. The third kappa shape index (κ3) is 4.37. The number of hydrogen-bond donors (Lipinski definition) is 3. The first-order chi connectivity index (χ1) is 16.5. The Hall–Kier alpha value is -3.39. The summed E-state index contributed by atoms with van der Waals surface area (Å²) in [6.45, 7) is 0.563. The second-order valence-corrected chi connectivity index (χ2v) is 9.21. The summed E-state index contributed by atoms with van der Waals surface area (Å²) in [4.78, 5) is 36.4. The van der Waals surface area contributed by atoms with Crippen LogP contribution in [0.5, 0.6) is 0 Å². The first kappa shape index (κ1) is 22.4. The lowest BCUT2D eigenvalue weighted by molar-refractivity contribution is -0.148. The number of carbonyl (C=O) groups is 3. The lowest BCUT2D eigenvalue weighted by Gasteiger charge is -2.19. The van der Waals surface area contributed by atoms with Crippen molar-refractivity contribution in [2.75, 3.05) is 13.2 Å². The molecule has 8 nitrogen and oxygen atoms in total. The van der Waals surface area contributed by atoms with Crippen molar-refractivity contribution in [1.82, 2.24) is 10.6 Å². The van der Waals surface area contributed by atoms with Crippen molar-refractivity contribution in [3.8, 4) is 11.1 Å². The number of carboxylic acid groups (broad SMARTS) is 1. The summed E-state index contributed by atoms with van der Waals surface area (Å²) in [5.41, 5.74) is 4.67. The fraction of sp³-hybridized carbons (Fsp3) is 0.423. The number of benzene rings is 2. The fourth-order valence-electron chi connectivity index (χ4n) is 5.44. The number of alkyl carbamates (subject to hydrolysis) is 1. The molecule has 2 aromatic rings. The summed E-state index contributed by atoms with van der Waals surface area (Å²) in [7, 11) is 0. The number of nitrogens with one attached hydrogen (secondary N) is 2. The highest BCUT2D eigenvalue weighted by Gasteiger charge is 2.38. The second kappa shape index (κ2) is 9.46. The minimum Gasteiger partial charge on any atom is -0.479 e. The van der Waals surface area contributed by atoms with Crippen molar-refractivity contribution in [2.24, 2.45) is 5.92 Å². The molecule has 3 aliphatic rings. The zero-order valence-electron chi connectivity index (χ0n) is 18.7. The van der Waals surface area contributed by atoms with E-state index in [4.69, 9.17) is 9.47 Å². The Labute approximate surface area is 197 Å². The van der Waals surface area contributed by atoms with Gasteiger partial charge in [0.15, 0.2) is 6.10 Å². The summed E-state index contributed by atoms with van der Waals surface area (Å²) < 4.78 is 10.8. The quantitative estimate of drug-likeness (QED) is 0.606. The van der Waals surface area contributed by atoms with E-state index in [1.165, 1.54) is 11.1 Å². The lowest BCUT2D eigenvalue weighted by Crippen LogP contribution is -2.46. The number of amides is 2. The minimum atomic E-state index is -1.07. The molecule has 1 saturated heterocycles. The van der Waals surface area contributed by atoms with Gasteiger partial charge in [0, 0.05) is 24.5 Å². The predicted molar refractivity (Wildman–Crippen MR) is 123 cm³/mol. The van der Waals surface area contributed by atoms with Crippen LogP contribution in [0.15, 0.2) is 48.5 Å². The van der Waals surface area contributed by atoms with E-state index in [0.717, 1.165) is 11.1 Å². The lowest BCUT2D eigenvalue weighted by atomic mass is 9.98. The normalized spacial score (nSPS) is 25.4. The number of ether oxygens (including phenoxy) is 2. The van der Waals surface area contributed by atoms with Crippen LogP contribution in [0.1, 0.15) is 42.7 Å². The van der Waals surface area contributed by atoms with Crippen molar-refractivity contribution in [2.45, 2.75) is 49.8 Å². The maximum Gasteiger partial charge on any atom is 0.407 e. The molecule has 3 N–H and O–H groups in total. The Kier molecular flexibility index (Phi) is 6.24. The molecular formula is C26H28N2O6. The molecule has 34 heavy (non-hydrogen) atoms. The van der Waals surface area contributed by atoms with E-state index < -0.39 is 24.2 Å². The Morgan fingerprint density at radius 3 is 2.29 bits per heavy atom. The van der Waals surface area contributed by atoms with Crippen LogP contribution in [-0.4, -0.2) is 54.5 Å². The van der Waals surface area contributed by atoms with E-state index >= 15 is 0 Å². The molecule has 0 spiro atoms. The number of carbonyl (C=O) groups excluding carboxylic acids is 2. The van der Waals surface area contributed by atoms with E-state index in [-0.39, 0.29) is 30.4 Å². The Morgan fingerprint density at radius 1 is 0.941 bits per heavy atom. The maximum atomic E-state index is 12.6. The summed E-state index contributed by atoms with van der Waals surface area (Å²) in [6, 6.07) is 15.7. The van der Waals surface area contributed by atoms with E-state index in [1.807, 2.05) is 24.3 Å². The molecular weight excluding hydrogens is 436 g/mol. The number of aliphatic carboxylic acids is 1. The summed E-state index contributed by atoms with van der Waals surface area (Å²) >= 11 is 0. The van der Waals surface area contributed by atoms with Gasteiger partial charge >= 0.3 is 12.1 Å². The molecule has 5 rings (SSSR count). The van der Waals surface area contributed by atoms with Crippen molar-refractivity contribution >= 4 is 18.0 Å². The Morgan fingerprint density at radius 2 is 1.62 bits per heavy atom. The van der Waals surface area contributed by atoms with Gasteiger partial charge in [-0.05, 0) is 47.9 Å². The van der Waals surface area contributed by atoms with Crippen LogP contribution >= 0.6 is 0 Å². The minimum absolute atomic E-state index is 0.00364. The molecule has 4 atom stereocenters. The van der Waals surface area contributed by atoms with Crippen LogP contribution in [0, 0.1) is 5.92 Å². The third-order valence-corrected chi connectivity index (χ3v) is 7.13. The molecule has 1 heterocycles. The van der Waals surface area contributed by atoms with E-state index in [2.05, 4.69) is 34.9 Å². The highest BCUT2D eigenvalue weighted by Crippen LogP contribution is 2.44. The topological polar surface area (TPSA) is 114 Å². The molecule has 2 unspecified atom stereocenters. The second-order valence-electron chi connectivity index (χ2n) is 9.21. The molecule has 8 heteroatoms. The molecule has 1 aliphatic heterocycles. The molecule has 0 bridgehead atoms. The average molecular weight is 465 g/mol. The van der Waals surface area contributed by atoms with Gasteiger partial charge in [-0.15, -0.1) is 0 Å². The molecule has 2 fully saturated rings. The van der Waals surface area contributed by atoms with Gasteiger partial charge in [0.05, 0.1) is 6.04 Å². The van der Waals surface area contributed by atoms with Gasteiger partial charge in [0.2, 0.25) is 5.91 Å². The first-order valence-electron chi connectivity index (χ1n) is 11.8. The van der Waals surface area contributed by atoms with Crippen molar-refractivity contribution in [1.29, 1.82) is 0 Å². The molecule has 178 valence electrons. The molecule has 2 amide bonds. The largest absolute Gasteiger partial charge is 0.479 e. The monoisotopic (exact) mass is 464 g/mol. The van der Waals surface area contributed by atoms with E-state index in [0.29, 0.717) is 32.3 Å². The van der Waals surface area contributed by atoms with Crippen molar-refractivity contribution < 1.29 is 29.0 Å². The van der Waals surface area contributed by atoms with Gasteiger partial charge in [-0.1, -0.05) is 48.5 Å². The summed E-state index contributed by atoms with van der Waals surface area (Å²) in [5.74, 6) is -1.52. The van der Waals surface area contributed by atoms with Crippen molar-refractivity contribution in [3.05, 3.63) is 59.7 Å². The van der Waals surface area contributed by atoms with Gasteiger partial charge in [-0.2, -0.15) is 0 Å². The van der Waals surface area contributed by atoms with Crippen molar-refractivity contribution in [3.63, 3.8) is 0 Å². The van der Waals surface area contributed by atoms with Crippen LogP contribution < -0.4 is 10.6 Å². The molecule has 2 aliphatic carbocycles. The van der Waals surface area contributed by atoms with E-state index in [1.54, 1.807) is 0 Å². The molecule has 1 saturated carbocycles. The smallest absolute Gasteiger partial charge is 0.407 e. The number of fused-ring (bicyclic) bond motifs is 3. The Balaban J connectivity index is 1.12. The van der Waals surface area contributed by atoms with Gasteiger partial charge < -0.3 is 25.2 Å². The fourth-order valence-corrected chi connectivity index (χ4v) is 5.44. The van der Waals surface area contributed by atoms with Gasteiger partial charge in [0.25, 0.3) is 0 Å².